The summed E-state index contributed by atoms with van der Waals surface area (Å²) in [6.07, 6.45) is 4.77. The highest BCUT2D eigenvalue weighted by atomic mass is 16.1. The summed E-state index contributed by atoms with van der Waals surface area (Å²) in [5.41, 5.74) is 3.35. The Morgan fingerprint density at radius 3 is 2.83 bits per heavy atom. The van der Waals surface area contributed by atoms with Crippen LogP contribution in [0.25, 0.3) is 0 Å². The van der Waals surface area contributed by atoms with Crippen LogP contribution >= 0.6 is 0 Å². The van der Waals surface area contributed by atoms with Gasteiger partial charge in [0.15, 0.2) is 11.6 Å². The van der Waals surface area contributed by atoms with Crippen molar-refractivity contribution >= 4 is 5.78 Å². The molecule has 5 heteroatoms. The maximum Gasteiger partial charge on any atom is 0.162 e. The van der Waals surface area contributed by atoms with E-state index in [9.17, 15) is 4.79 Å². The lowest BCUT2D eigenvalue weighted by Gasteiger charge is -2.45. The second-order valence-electron chi connectivity index (χ2n) is 8.39. The van der Waals surface area contributed by atoms with Gasteiger partial charge in [0.05, 0.1) is 6.54 Å². The van der Waals surface area contributed by atoms with Crippen molar-refractivity contribution in [3.05, 3.63) is 22.7 Å². The van der Waals surface area contributed by atoms with Crippen molar-refractivity contribution in [2.75, 3.05) is 26.7 Å². The molecule has 1 fully saturated rings. The van der Waals surface area contributed by atoms with E-state index < -0.39 is 0 Å². The van der Waals surface area contributed by atoms with E-state index >= 15 is 0 Å². The largest absolute Gasteiger partial charge is 0.342 e. The first-order valence-corrected chi connectivity index (χ1v) is 8.75. The maximum atomic E-state index is 13.1. The molecule has 3 heterocycles. The summed E-state index contributed by atoms with van der Waals surface area (Å²) < 4.78 is 0. The highest BCUT2D eigenvalue weighted by Gasteiger charge is 2.51. The Morgan fingerprint density at radius 1 is 1.17 bits per heavy atom. The number of carbonyl (C=O) groups excluding carboxylic acids is 1. The summed E-state index contributed by atoms with van der Waals surface area (Å²) in [7, 11) is 2.18. The molecule has 4 rings (SSSR count). The van der Waals surface area contributed by atoms with Crippen LogP contribution in [0.2, 0.25) is 0 Å². The normalized spacial score (nSPS) is 33.6. The SMILES string of the molecule is CN1CCCC2(CC1)C1=C(N=NC1)NC1=C2C(=O)CC(C)(C)C1. The molecule has 1 atom stereocenters. The molecular weight excluding hydrogens is 288 g/mol. The van der Waals surface area contributed by atoms with Crippen LogP contribution in [0.5, 0.6) is 0 Å². The van der Waals surface area contributed by atoms with Crippen molar-refractivity contribution in [3.63, 3.8) is 0 Å². The average molecular weight is 314 g/mol. The summed E-state index contributed by atoms with van der Waals surface area (Å²) in [6.45, 7) is 7.16. The molecule has 0 saturated carbocycles. The van der Waals surface area contributed by atoms with Gasteiger partial charge in [0.25, 0.3) is 0 Å². The van der Waals surface area contributed by atoms with Crippen LogP contribution in [0.4, 0.5) is 0 Å². The van der Waals surface area contributed by atoms with E-state index in [2.05, 4.69) is 41.3 Å². The summed E-state index contributed by atoms with van der Waals surface area (Å²) in [4.78, 5) is 15.5. The molecule has 5 nitrogen and oxygen atoms in total. The van der Waals surface area contributed by atoms with E-state index in [4.69, 9.17) is 0 Å². The molecular formula is C18H26N4O. The Kier molecular flexibility index (Phi) is 3.28. The average Bonchev–Trinajstić information content (AvgIpc) is 2.84. The lowest BCUT2D eigenvalue weighted by atomic mass is 9.60. The van der Waals surface area contributed by atoms with Gasteiger partial charge in [0, 0.05) is 28.7 Å². The Labute approximate surface area is 137 Å². The fourth-order valence-electron chi connectivity index (χ4n) is 4.89. The number of hydrogen-bond acceptors (Lipinski definition) is 5. The van der Waals surface area contributed by atoms with Crippen LogP contribution in [0, 0.1) is 10.8 Å². The molecule has 124 valence electrons. The Balaban J connectivity index is 1.84. The van der Waals surface area contributed by atoms with Crippen molar-refractivity contribution in [2.24, 2.45) is 21.1 Å². The van der Waals surface area contributed by atoms with Gasteiger partial charge >= 0.3 is 0 Å². The number of Topliss-reactive ketones (excluding diaryl/α,β-unsaturated/α-hetero) is 1. The Morgan fingerprint density at radius 2 is 2.00 bits per heavy atom. The summed E-state index contributed by atoms with van der Waals surface area (Å²) >= 11 is 0. The molecule has 1 saturated heterocycles. The number of nitrogens with one attached hydrogen (secondary N) is 1. The molecule has 1 unspecified atom stereocenters. The van der Waals surface area contributed by atoms with E-state index in [0.717, 1.165) is 55.9 Å². The first-order valence-electron chi connectivity index (χ1n) is 8.75. The first-order chi connectivity index (χ1) is 10.9. The van der Waals surface area contributed by atoms with Gasteiger partial charge in [-0.25, -0.2) is 0 Å². The van der Waals surface area contributed by atoms with Crippen LogP contribution in [0.3, 0.4) is 0 Å². The molecule has 0 aromatic rings. The molecule has 1 N–H and O–H groups in total. The van der Waals surface area contributed by atoms with Gasteiger partial charge in [-0.15, -0.1) is 5.11 Å². The molecule has 3 aliphatic heterocycles. The van der Waals surface area contributed by atoms with Crippen molar-refractivity contribution in [3.8, 4) is 0 Å². The molecule has 0 amide bonds. The zero-order chi connectivity index (χ0) is 16.2. The number of fused-ring (bicyclic) bond motifs is 2. The van der Waals surface area contributed by atoms with Crippen molar-refractivity contribution in [2.45, 2.75) is 46.0 Å². The standard InChI is InChI=1S/C18H26N4O/c1-17(2)9-13-15(14(23)10-17)18(5-4-7-22(3)8-6-18)12-11-19-21-16(12)20-13/h20H,4-11H2,1-3H3. The number of dihydropyridines is 1. The molecule has 0 aromatic carbocycles. The van der Waals surface area contributed by atoms with Crippen molar-refractivity contribution in [1.29, 1.82) is 0 Å². The molecule has 0 radical (unpaired) electrons. The van der Waals surface area contributed by atoms with E-state index in [1.807, 2.05) is 0 Å². The quantitative estimate of drug-likeness (QED) is 0.748. The number of allylic oxidation sites excluding steroid dienone is 2. The number of carbonyl (C=O) groups is 1. The Bertz CT molecular complexity index is 658. The zero-order valence-corrected chi connectivity index (χ0v) is 14.4. The lowest BCUT2D eigenvalue weighted by molar-refractivity contribution is -0.119. The number of azo groups is 1. The number of likely N-dealkylation sites (tertiary alicyclic amines) is 1. The van der Waals surface area contributed by atoms with E-state index in [1.165, 1.54) is 5.57 Å². The van der Waals surface area contributed by atoms with Crippen LogP contribution in [-0.2, 0) is 4.79 Å². The maximum absolute atomic E-state index is 13.1. The predicted octanol–water partition coefficient (Wildman–Crippen LogP) is 3.01. The zero-order valence-electron chi connectivity index (χ0n) is 14.4. The molecule has 1 spiro atoms. The molecule has 1 aliphatic carbocycles. The molecule has 0 bridgehead atoms. The van der Waals surface area contributed by atoms with Crippen LogP contribution < -0.4 is 5.32 Å². The van der Waals surface area contributed by atoms with Crippen LogP contribution in [0.15, 0.2) is 32.9 Å². The highest BCUT2D eigenvalue weighted by Crippen LogP contribution is 2.54. The third-order valence-corrected chi connectivity index (χ3v) is 5.95. The summed E-state index contributed by atoms with van der Waals surface area (Å²) in [5, 5.41) is 12.1. The van der Waals surface area contributed by atoms with Gasteiger partial charge in [0.2, 0.25) is 0 Å². The summed E-state index contributed by atoms with van der Waals surface area (Å²) in [5.74, 6) is 1.27. The fraction of sp³-hybridized carbons (Fsp3) is 0.722. The molecule has 4 aliphatic rings. The minimum atomic E-state index is -0.127. The number of hydrogen-bond donors (Lipinski definition) is 1. The number of rotatable bonds is 0. The van der Waals surface area contributed by atoms with Gasteiger partial charge in [-0.1, -0.05) is 13.8 Å². The summed E-state index contributed by atoms with van der Waals surface area (Å²) in [6, 6.07) is 0. The number of ketones is 1. The number of nitrogens with zero attached hydrogens (tertiary/aromatic N) is 3. The fourth-order valence-corrected chi connectivity index (χ4v) is 4.89. The monoisotopic (exact) mass is 314 g/mol. The lowest BCUT2D eigenvalue weighted by Crippen LogP contribution is -2.44. The van der Waals surface area contributed by atoms with Gasteiger partial charge < -0.3 is 10.2 Å². The van der Waals surface area contributed by atoms with Crippen LogP contribution in [0.1, 0.15) is 46.0 Å². The van der Waals surface area contributed by atoms with Gasteiger partial charge in [-0.3, -0.25) is 4.79 Å². The minimum Gasteiger partial charge on any atom is -0.342 e. The third kappa shape index (κ3) is 2.28. The van der Waals surface area contributed by atoms with Gasteiger partial charge in [-0.2, -0.15) is 5.11 Å². The second-order valence-corrected chi connectivity index (χ2v) is 8.39. The predicted molar refractivity (Wildman–Crippen MR) is 88.7 cm³/mol. The smallest absolute Gasteiger partial charge is 0.162 e. The van der Waals surface area contributed by atoms with E-state index in [1.54, 1.807) is 0 Å². The second kappa shape index (κ2) is 5.00. The molecule has 0 aromatic heterocycles. The van der Waals surface area contributed by atoms with Gasteiger partial charge in [-0.05, 0) is 51.2 Å². The highest BCUT2D eigenvalue weighted by molar-refractivity contribution is 6.00. The Hall–Kier alpha value is -1.49. The third-order valence-electron chi connectivity index (χ3n) is 5.95. The molecule has 23 heavy (non-hydrogen) atoms. The van der Waals surface area contributed by atoms with Crippen molar-refractivity contribution < 1.29 is 4.79 Å². The van der Waals surface area contributed by atoms with Gasteiger partial charge in [0.1, 0.15) is 0 Å². The van der Waals surface area contributed by atoms with E-state index in [-0.39, 0.29) is 10.8 Å². The topological polar surface area (TPSA) is 57.1 Å². The first kappa shape index (κ1) is 15.1. The van der Waals surface area contributed by atoms with Crippen molar-refractivity contribution in [1.82, 2.24) is 10.2 Å². The van der Waals surface area contributed by atoms with E-state index in [0.29, 0.717) is 18.7 Å². The minimum absolute atomic E-state index is 0.0272. The van der Waals surface area contributed by atoms with Crippen LogP contribution in [-0.4, -0.2) is 37.4 Å².